The Morgan fingerprint density at radius 3 is 2.48 bits per heavy atom. The summed E-state index contributed by atoms with van der Waals surface area (Å²) in [6.07, 6.45) is 5.89. The van der Waals surface area contributed by atoms with Crippen molar-refractivity contribution in [2.24, 2.45) is 28.7 Å². The Kier molecular flexibility index (Phi) is 6.30. The van der Waals surface area contributed by atoms with Gasteiger partial charge in [-0.3, -0.25) is 19.5 Å². The quantitative estimate of drug-likeness (QED) is 0.220. The number of para-hydroxylation sites is 1. The second-order valence-corrected chi connectivity index (χ2v) is 8.76. The highest BCUT2D eigenvalue weighted by Crippen LogP contribution is 2.52. The number of imide groups is 1. The molecular formula is C24H32N4O3. The van der Waals surface area contributed by atoms with E-state index in [1.807, 2.05) is 38.1 Å². The summed E-state index contributed by atoms with van der Waals surface area (Å²) in [4.78, 5) is 31.2. The molecule has 2 fully saturated rings. The standard InChI is InChI=1S/C24H32N4O3/c1-15-7-4-5-8-19(15)31-16(2)14-27-24(25-3)26-11-6-12-28-22(29)20-17-9-10-18(13-17)21(20)23(28)30/h4-5,7-10,16-18,20-21H,6,11-14H2,1-3H3,(H2,25,26,27). The fraction of sp³-hybridized carbons (Fsp3) is 0.542. The Balaban J connectivity index is 1.18. The maximum absolute atomic E-state index is 12.7. The molecule has 1 heterocycles. The summed E-state index contributed by atoms with van der Waals surface area (Å²) in [5.41, 5.74) is 1.11. The van der Waals surface area contributed by atoms with E-state index in [1.165, 1.54) is 4.90 Å². The zero-order chi connectivity index (χ0) is 22.0. The molecule has 0 aromatic heterocycles. The van der Waals surface area contributed by atoms with Gasteiger partial charge >= 0.3 is 0 Å². The van der Waals surface area contributed by atoms with Crippen LogP contribution in [0.2, 0.25) is 0 Å². The second kappa shape index (κ2) is 9.12. The van der Waals surface area contributed by atoms with E-state index in [-0.39, 0.29) is 41.6 Å². The molecule has 1 saturated carbocycles. The summed E-state index contributed by atoms with van der Waals surface area (Å²) in [6.45, 7) is 5.73. The highest BCUT2D eigenvalue weighted by atomic mass is 16.5. The van der Waals surface area contributed by atoms with Gasteiger partial charge in [0.1, 0.15) is 11.9 Å². The molecule has 2 aliphatic carbocycles. The predicted molar refractivity (Wildman–Crippen MR) is 120 cm³/mol. The van der Waals surface area contributed by atoms with Crippen molar-refractivity contribution in [2.45, 2.75) is 32.8 Å². The third kappa shape index (κ3) is 4.31. The third-order valence-electron chi connectivity index (χ3n) is 6.61. The van der Waals surface area contributed by atoms with E-state index in [0.29, 0.717) is 32.0 Å². The number of aliphatic imine (C=N–C) groups is 1. The first-order valence-corrected chi connectivity index (χ1v) is 11.2. The van der Waals surface area contributed by atoms with Crippen LogP contribution in [-0.2, 0) is 9.59 Å². The number of hydrogen-bond donors (Lipinski definition) is 2. The summed E-state index contributed by atoms with van der Waals surface area (Å²) >= 11 is 0. The van der Waals surface area contributed by atoms with Crippen molar-refractivity contribution >= 4 is 17.8 Å². The summed E-state index contributed by atoms with van der Waals surface area (Å²) in [5.74, 6) is 1.92. The first-order chi connectivity index (χ1) is 15.0. The molecule has 4 rings (SSSR count). The van der Waals surface area contributed by atoms with Crippen LogP contribution in [0.25, 0.3) is 0 Å². The van der Waals surface area contributed by atoms with Crippen molar-refractivity contribution in [1.29, 1.82) is 0 Å². The van der Waals surface area contributed by atoms with Crippen molar-refractivity contribution in [2.75, 3.05) is 26.7 Å². The van der Waals surface area contributed by atoms with E-state index in [9.17, 15) is 9.59 Å². The van der Waals surface area contributed by atoms with Gasteiger partial charge in [-0.1, -0.05) is 30.4 Å². The molecule has 5 unspecified atom stereocenters. The number of guanidine groups is 1. The highest BCUT2D eigenvalue weighted by molar-refractivity contribution is 6.06. The molecule has 7 heteroatoms. The molecule has 1 aliphatic heterocycles. The molecule has 1 aromatic carbocycles. The zero-order valence-electron chi connectivity index (χ0n) is 18.5. The molecule has 2 bridgehead atoms. The molecule has 31 heavy (non-hydrogen) atoms. The average molecular weight is 425 g/mol. The van der Waals surface area contributed by atoms with Crippen molar-refractivity contribution in [3.05, 3.63) is 42.0 Å². The Morgan fingerprint density at radius 1 is 1.16 bits per heavy atom. The minimum Gasteiger partial charge on any atom is -0.489 e. The lowest BCUT2D eigenvalue weighted by Gasteiger charge is -2.20. The molecule has 1 aromatic rings. The van der Waals surface area contributed by atoms with E-state index < -0.39 is 0 Å². The first-order valence-electron chi connectivity index (χ1n) is 11.2. The lowest BCUT2D eigenvalue weighted by molar-refractivity contribution is -0.140. The van der Waals surface area contributed by atoms with E-state index >= 15 is 0 Å². The number of carbonyl (C=O) groups is 2. The van der Waals surface area contributed by atoms with Crippen molar-refractivity contribution in [1.82, 2.24) is 15.5 Å². The van der Waals surface area contributed by atoms with Crippen LogP contribution in [0.4, 0.5) is 0 Å². The van der Waals surface area contributed by atoms with Crippen LogP contribution in [0, 0.1) is 30.6 Å². The maximum atomic E-state index is 12.7. The number of aryl methyl sites for hydroxylation is 1. The molecule has 166 valence electrons. The normalized spacial score (nSPS) is 27.6. The molecule has 3 aliphatic rings. The number of hydrogen-bond acceptors (Lipinski definition) is 4. The largest absolute Gasteiger partial charge is 0.489 e. The summed E-state index contributed by atoms with van der Waals surface area (Å²) in [6, 6.07) is 7.96. The van der Waals surface area contributed by atoms with Crippen LogP contribution in [0.15, 0.2) is 41.4 Å². The van der Waals surface area contributed by atoms with Gasteiger partial charge in [-0.05, 0) is 50.2 Å². The van der Waals surface area contributed by atoms with Gasteiger partial charge in [-0.25, -0.2) is 0 Å². The minimum absolute atomic E-state index is 0.0246. The topological polar surface area (TPSA) is 83.0 Å². The monoisotopic (exact) mass is 424 g/mol. The lowest BCUT2D eigenvalue weighted by Crippen LogP contribution is -2.43. The van der Waals surface area contributed by atoms with E-state index in [2.05, 4.69) is 27.8 Å². The van der Waals surface area contributed by atoms with E-state index in [0.717, 1.165) is 17.7 Å². The van der Waals surface area contributed by atoms with Crippen LogP contribution in [0.1, 0.15) is 25.3 Å². The van der Waals surface area contributed by atoms with Gasteiger partial charge in [-0.2, -0.15) is 0 Å². The van der Waals surface area contributed by atoms with E-state index in [4.69, 9.17) is 4.74 Å². The smallest absolute Gasteiger partial charge is 0.233 e. The number of amides is 2. The predicted octanol–water partition coefficient (Wildman–Crippen LogP) is 2.12. The number of rotatable bonds is 8. The molecule has 1 saturated heterocycles. The number of ether oxygens (including phenoxy) is 1. The molecule has 2 amide bonds. The molecule has 5 atom stereocenters. The molecule has 2 N–H and O–H groups in total. The Morgan fingerprint density at radius 2 is 1.84 bits per heavy atom. The summed E-state index contributed by atoms with van der Waals surface area (Å²) < 4.78 is 5.98. The minimum atomic E-state index is -0.111. The van der Waals surface area contributed by atoms with Crippen molar-refractivity contribution < 1.29 is 14.3 Å². The Labute approximate surface area is 183 Å². The third-order valence-corrected chi connectivity index (χ3v) is 6.61. The number of likely N-dealkylation sites (tertiary alicyclic amines) is 1. The molecule has 0 radical (unpaired) electrons. The number of carbonyl (C=O) groups excluding carboxylic acids is 2. The van der Waals surface area contributed by atoms with Gasteiger partial charge in [-0.15, -0.1) is 0 Å². The number of allylic oxidation sites excluding steroid dienone is 2. The van der Waals surface area contributed by atoms with Gasteiger partial charge in [0.2, 0.25) is 11.8 Å². The Hall–Kier alpha value is -2.83. The Bertz CT molecular complexity index is 867. The van der Waals surface area contributed by atoms with Crippen LogP contribution in [0.5, 0.6) is 5.75 Å². The van der Waals surface area contributed by atoms with Gasteiger partial charge in [0.05, 0.1) is 18.4 Å². The SMILES string of the molecule is CN=C(NCCCN1C(=O)C2C3C=CC(C3)C2C1=O)NCC(C)Oc1ccccc1C. The van der Waals surface area contributed by atoms with Crippen LogP contribution in [-0.4, -0.2) is 55.5 Å². The van der Waals surface area contributed by atoms with Gasteiger partial charge in [0, 0.05) is 20.1 Å². The first kappa shape index (κ1) is 21.4. The zero-order valence-corrected chi connectivity index (χ0v) is 18.5. The van der Waals surface area contributed by atoms with E-state index in [1.54, 1.807) is 7.05 Å². The van der Waals surface area contributed by atoms with Crippen LogP contribution in [0.3, 0.4) is 0 Å². The maximum Gasteiger partial charge on any atom is 0.233 e. The van der Waals surface area contributed by atoms with Gasteiger partial charge < -0.3 is 15.4 Å². The number of benzene rings is 1. The van der Waals surface area contributed by atoms with Gasteiger partial charge in [0.25, 0.3) is 0 Å². The molecular weight excluding hydrogens is 392 g/mol. The van der Waals surface area contributed by atoms with Crippen LogP contribution >= 0.6 is 0 Å². The number of fused-ring (bicyclic) bond motifs is 5. The van der Waals surface area contributed by atoms with Gasteiger partial charge in [0.15, 0.2) is 5.96 Å². The highest BCUT2D eigenvalue weighted by Gasteiger charge is 2.58. The summed E-state index contributed by atoms with van der Waals surface area (Å²) in [5, 5.41) is 6.52. The lowest BCUT2D eigenvalue weighted by atomic mass is 9.85. The summed E-state index contributed by atoms with van der Waals surface area (Å²) in [7, 11) is 1.72. The molecule has 7 nitrogen and oxygen atoms in total. The van der Waals surface area contributed by atoms with Crippen LogP contribution < -0.4 is 15.4 Å². The van der Waals surface area contributed by atoms with Crippen molar-refractivity contribution in [3.63, 3.8) is 0 Å². The average Bonchev–Trinajstić information content (AvgIpc) is 3.44. The molecule has 0 spiro atoms. The second-order valence-electron chi connectivity index (χ2n) is 8.76. The van der Waals surface area contributed by atoms with Crippen molar-refractivity contribution in [3.8, 4) is 5.75 Å². The fourth-order valence-electron chi connectivity index (χ4n) is 5.04. The fourth-order valence-corrected chi connectivity index (χ4v) is 5.04. The number of nitrogens with zero attached hydrogens (tertiary/aromatic N) is 2. The number of nitrogens with one attached hydrogen (secondary N) is 2.